The Morgan fingerprint density at radius 2 is 1.96 bits per heavy atom. The Kier molecular flexibility index (Phi) is 4.85. The zero-order chi connectivity index (χ0) is 16.1. The van der Waals surface area contributed by atoms with Gasteiger partial charge in [-0.2, -0.15) is 0 Å². The smallest absolute Gasteiger partial charge is 0.226 e. The van der Waals surface area contributed by atoms with Gasteiger partial charge in [-0.25, -0.2) is 4.98 Å². The summed E-state index contributed by atoms with van der Waals surface area (Å²) in [6.45, 7) is -0.137. The molecule has 0 spiro atoms. The number of aliphatic hydroxyl groups excluding tert-OH is 1. The van der Waals surface area contributed by atoms with Gasteiger partial charge in [0.25, 0.3) is 0 Å². The van der Waals surface area contributed by atoms with E-state index < -0.39 is 6.04 Å². The van der Waals surface area contributed by atoms with Gasteiger partial charge < -0.3 is 15.0 Å². The van der Waals surface area contributed by atoms with E-state index in [1.165, 1.54) is 11.3 Å². The first kappa shape index (κ1) is 15.5. The molecule has 3 aromatic rings. The van der Waals surface area contributed by atoms with Crippen molar-refractivity contribution in [1.82, 2.24) is 14.9 Å². The van der Waals surface area contributed by atoms with Gasteiger partial charge in [0.05, 0.1) is 24.8 Å². The molecule has 0 unspecified atom stereocenters. The zero-order valence-electron chi connectivity index (χ0n) is 12.4. The molecule has 2 aromatic heterocycles. The van der Waals surface area contributed by atoms with Crippen LogP contribution in [0.15, 0.2) is 60.2 Å². The molecule has 1 amide bonds. The fourth-order valence-corrected chi connectivity index (χ4v) is 3.08. The summed E-state index contributed by atoms with van der Waals surface area (Å²) in [5.41, 5.74) is 1.61. The molecule has 1 atom stereocenters. The molecule has 0 bridgehead atoms. The average molecular weight is 327 g/mol. The molecule has 0 aliphatic carbocycles. The van der Waals surface area contributed by atoms with E-state index in [1.54, 1.807) is 0 Å². The molecule has 2 N–H and O–H groups in total. The molecule has 0 aliphatic heterocycles. The monoisotopic (exact) mass is 327 g/mol. The lowest BCUT2D eigenvalue weighted by atomic mass is 10.1. The lowest BCUT2D eigenvalue weighted by Crippen LogP contribution is -2.32. The highest BCUT2D eigenvalue weighted by molar-refractivity contribution is 7.12. The number of aromatic nitrogens is 2. The molecule has 0 saturated heterocycles. The maximum absolute atomic E-state index is 12.2. The number of nitrogens with zero attached hydrogens (tertiary/aromatic N) is 2. The van der Waals surface area contributed by atoms with Crippen molar-refractivity contribution in [3.63, 3.8) is 0 Å². The van der Waals surface area contributed by atoms with Crippen LogP contribution in [0.25, 0.3) is 5.13 Å². The van der Waals surface area contributed by atoms with E-state index in [2.05, 4.69) is 10.3 Å². The third-order valence-corrected chi connectivity index (χ3v) is 4.33. The van der Waals surface area contributed by atoms with Gasteiger partial charge in [-0.15, -0.1) is 11.3 Å². The number of hydrogen-bond acceptors (Lipinski definition) is 4. The van der Waals surface area contributed by atoms with Crippen LogP contribution in [0.1, 0.15) is 17.3 Å². The summed E-state index contributed by atoms with van der Waals surface area (Å²) in [5, 5.41) is 15.0. The van der Waals surface area contributed by atoms with Crippen LogP contribution in [-0.4, -0.2) is 27.2 Å². The third-order valence-electron chi connectivity index (χ3n) is 3.43. The summed E-state index contributed by atoms with van der Waals surface area (Å²) < 4.78 is 1.91. The fourth-order valence-electron chi connectivity index (χ4n) is 2.29. The Bertz CT molecular complexity index is 753. The molecule has 3 rings (SSSR count). The minimum atomic E-state index is -0.397. The minimum Gasteiger partial charge on any atom is -0.394 e. The number of benzene rings is 1. The van der Waals surface area contributed by atoms with Crippen molar-refractivity contribution in [3.8, 4) is 5.13 Å². The Morgan fingerprint density at radius 1 is 1.22 bits per heavy atom. The van der Waals surface area contributed by atoms with Gasteiger partial charge in [0.2, 0.25) is 5.91 Å². The van der Waals surface area contributed by atoms with Crippen LogP contribution in [0.3, 0.4) is 0 Å². The van der Waals surface area contributed by atoms with E-state index >= 15 is 0 Å². The first-order valence-electron chi connectivity index (χ1n) is 7.29. The first-order valence-corrected chi connectivity index (χ1v) is 8.17. The SMILES string of the molecule is O=C(Cc1csc(-n2cccc2)n1)N[C@H](CO)c1ccccc1. The van der Waals surface area contributed by atoms with Gasteiger partial charge in [0, 0.05) is 17.8 Å². The largest absolute Gasteiger partial charge is 0.394 e. The molecular formula is C17H17N3O2S. The van der Waals surface area contributed by atoms with Crippen LogP contribution in [0.2, 0.25) is 0 Å². The summed E-state index contributed by atoms with van der Waals surface area (Å²) >= 11 is 1.49. The molecule has 2 heterocycles. The molecule has 0 aliphatic rings. The van der Waals surface area contributed by atoms with Gasteiger partial charge in [-0.05, 0) is 17.7 Å². The second-order valence-corrected chi connectivity index (χ2v) is 5.94. The van der Waals surface area contributed by atoms with Gasteiger partial charge in [0.1, 0.15) is 0 Å². The highest BCUT2D eigenvalue weighted by Crippen LogP contribution is 2.16. The minimum absolute atomic E-state index is 0.137. The highest BCUT2D eigenvalue weighted by atomic mass is 32.1. The molecular weight excluding hydrogens is 310 g/mol. The average Bonchev–Trinajstić information content (AvgIpc) is 3.24. The van der Waals surface area contributed by atoms with Crippen molar-refractivity contribution in [1.29, 1.82) is 0 Å². The molecule has 23 heavy (non-hydrogen) atoms. The molecule has 0 fully saturated rings. The Balaban J connectivity index is 1.63. The van der Waals surface area contributed by atoms with Crippen molar-refractivity contribution in [2.45, 2.75) is 12.5 Å². The Labute approximate surface area is 138 Å². The summed E-state index contributed by atoms with van der Waals surface area (Å²) in [7, 11) is 0. The van der Waals surface area contributed by atoms with E-state index in [0.29, 0.717) is 0 Å². The zero-order valence-corrected chi connectivity index (χ0v) is 13.2. The molecule has 0 radical (unpaired) electrons. The number of hydrogen-bond donors (Lipinski definition) is 2. The van der Waals surface area contributed by atoms with Gasteiger partial charge in [-0.3, -0.25) is 4.79 Å². The van der Waals surface area contributed by atoms with Crippen molar-refractivity contribution >= 4 is 17.2 Å². The molecule has 0 saturated carbocycles. The number of aliphatic hydroxyl groups is 1. The highest BCUT2D eigenvalue weighted by Gasteiger charge is 2.15. The summed E-state index contributed by atoms with van der Waals surface area (Å²) in [4.78, 5) is 16.6. The van der Waals surface area contributed by atoms with E-state index in [-0.39, 0.29) is 18.9 Å². The second-order valence-electron chi connectivity index (χ2n) is 5.10. The van der Waals surface area contributed by atoms with Crippen LogP contribution in [-0.2, 0) is 11.2 Å². The van der Waals surface area contributed by atoms with Crippen molar-refractivity contribution in [2.24, 2.45) is 0 Å². The topological polar surface area (TPSA) is 67.2 Å². The number of amides is 1. The van der Waals surface area contributed by atoms with Crippen molar-refractivity contribution < 1.29 is 9.90 Å². The van der Waals surface area contributed by atoms with E-state index in [1.807, 2.05) is 64.8 Å². The van der Waals surface area contributed by atoms with Crippen LogP contribution < -0.4 is 5.32 Å². The van der Waals surface area contributed by atoms with Crippen LogP contribution >= 0.6 is 11.3 Å². The standard InChI is InChI=1S/C17H17N3O2S/c21-11-15(13-6-2-1-3-7-13)19-16(22)10-14-12-23-17(18-14)20-8-4-5-9-20/h1-9,12,15,21H,10-11H2,(H,19,22)/t15-/m1/s1. The van der Waals surface area contributed by atoms with E-state index in [9.17, 15) is 9.90 Å². The number of thiazole rings is 1. The molecule has 1 aromatic carbocycles. The normalized spacial score (nSPS) is 12.0. The number of rotatable bonds is 6. The van der Waals surface area contributed by atoms with Crippen molar-refractivity contribution in [2.75, 3.05) is 6.61 Å². The van der Waals surface area contributed by atoms with Gasteiger partial charge in [-0.1, -0.05) is 30.3 Å². The van der Waals surface area contributed by atoms with Crippen LogP contribution in [0, 0.1) is 0 Å². The predicted molar refractivity (Wildman–Crippen MR) is 89.6 cm³/mol. The lowest BCUT2D eigenvalue weighted by molar-refractivity contribution is -0.121. The van der Waals surface area contributed by atoms with Gasteiger partial charge >= 0.3 is 0 Å². The molecule has 118 valence electrons. The predicted octanol–water partition coefficient (Wildman–Crippen LogP) is 2.33. The Hall–Kier alpha value is -2.44. The second kappa shape index (κ2) is 7.21. The van der Waals surface area contributed by atoms with Gasteiger partial charge in [0.15, 0.2) is 5.13 Å². The lowest BCUT2D eigenvalue weighted by Gasteiger charge is -2.16. The fraction of sp³-hybridized carbons (Fsp3) is 0.176. The first-order chi connectivity index (χ1) is 11.3. The number of carbonyl (C=O) groups is 1. The molecule has 5 nitrogen and oxygen atoms in total. The summed E-state index contributed by atoms with van der Waals surface area (Å²) in [5.74, 6) is -0.155. The number of nitrogens with one attached hydrogen (secondary N) is 1. The Morgan fingerprint density at radius 3 is 2.65 bits per heavy atom. The summed E-state index contributed by atoms with van der Waals surface area (Å²) in [6.07, 6.45) is 4.03. The number of carbonyl (C=O) groups excluding carboxylic acids is 1. The van der Waals surface area contributed by atoms with Crippen LogP contribution in [0.4, 0.5) is 0 Å². The van der Waals surface area contributed by atoms with E-state index in [4.69, 9.17) is 0 Å². The summed E-state index contributed by atoms with van der Waals surface area (Å²) in [6, 6.07) is 12.9. The van der Waals surface area contributed by atoms with Crippen LogP contribution in [0.5, 0.6) is 0 Å². The van der Waals surface area contributed by atoms with Crippen molar-refractivity contribution in [3.05, 3.63) is 71.5 Å². The maximum atomic E-state index is 12.2. The van der Waals surface area contributed by atoms with E-state index in [0.717, 1.165) is 16.4 Å². The molecule has 6 heteroatoms. The quantitative estimate of drug-likeness (QED) is 0.730. The maximum Gasteiger partial charge on any atom is 0.226 e. The third kappa shape index (κ3) is 3.85.